The van der Waals surface area contributed by atoms with E-state index in [0.29, 0.717) is 6.54 Å². The number of urea groups is 1. The van der Waals surface area contributed by atoms with Gasteiger partial charge in [0.15, 0.2) is 0 Å². The van der Waals surface area contributed by atoms with Crippen molar-refractivity contribution in [1.29, 1.82) is 0 Å². The van der Waals surface area contributed by atoms with Crippen molar-refractivity contribution in [3.63, 3.8) is 0 Å². The second-order valence-electron chi connectivity index (χ2n) is 4.70. The molecule has 92 valence electrons. The molecule has 0 saturated carbocycles. The first-order valence-electron chi connectivity index (χ1n) is 5.92. The summed E-state index contributed by atoms with van der Waals surface area (Å²) in [4.78, 5) is 15.6. The van der Waals surface area contributed by atoms with E-state index in [9.17, 15) is 4.79 Å². The molecular formula is C13H19N3O. The summed E-state index contributed by atoms with van der Waals surface area (Å²) < 4.78 is 0. The van der Waals surface area contributed by atoms with Gasteiger partial charge in [-0.15, -0.1) is 0 Å². The lowest BCUT2D eigenvalue weighted by molar-refractivity contribution is 0.194. The summed E-state index contributed by atoms with van der Waals surface area (Å²) in [5, 5.41) is 0. The summed E-state index contributed by atoms with van der Waals surface area (Å²) >= 11 is 0. The molecule has 2 N–H and O–H groups in total. The molecular weight excluding hydrogens is 214 g/mol. The Morgan fingerprint density at radius 3 is 2.65 bits per heavy atom. The molecule has 2 atom stereocenters. The lowest BCUT2D eigenvalue weighted by Gasteiger charge is -2.18. The molecule has 1 aromatic rings. The average molecular weight is 233 g/mol. The molecule has 1 aromatic carbocycles. The van der Waals surface area contributed by atoms with Crippen LogP contribution >= 0.6 is 0 Å². The highest BCUT2D eigenvalue weighted by molar-refractivity contribution is 5.77. The molecule has 1 aliphatic rings. The lowest BCUT2D eigenvalue weighted by Crippen LogP contribution is -2.38. The fourth-order valence-corrected chi connectivity index (χ4v) is 2.27. The molecule has 1 saturated heterocycles. The number of likely N-dealkylation sites (N-methyl/N-ethyl adjacent to an activating group) is 1. The van der Waals surface area contributed by atoms with Crippen LogP contribution in [-0.4, -0.2) is 42.0 Å². The summed E-state index contributed by atoms with van der Waals surface area (Å²) in [5.41, 5.74) is 6.93. The standard InChI is InChI=1S/C13H19N3O/c1-10(14)8-16-9-12(15(2)13(16)17)11-6-4-3-5-7-11/h3-7,10,12H,8-9,14H2,1-2H3. The molecule has 0 radical (unpaired) electrons. The summed E-state index contributed by atoms with van der Waals surface area (Å²) in [6, 6.07) is 10.3. The van der Waals surface area contributed by atoms with E-state index in [1.165, 1.54) is 5.56 Å². The van der Waals surface area contributed by atoms with Crippen LogP contribution < -0.4 is 5.73 Å². The van der Waals surface area contributed by atoms with Crippen LogP contribution in [0.4, 0.5) is 4.79 Å². The smallest absolute Gasteiger partial charge is 0.320 e. The van der Waals surface area contributed by atoms with Crippen molar-refractivity contribution in [1.82, 2.24) is 9.80 Å². The van der Waals surface area contributed by atoms with Crippen LogP contribution in [0.1, 0.15) is 18.5 Å². The second kappa shape index (κ2) is 4.75. The Kier molecular flexibility index (Phi) is 3.33. The van der Waals surface area contributed by atoms with Gasteiger partial charge in [0.1, 0.15) is 0 Å². The molecule has 4 heteroatoms. The number of carbonyl (C=O) groups is 1. The van der Waals surface area contributed by atoms with E-state index < -0.39 is 0 Å². The van der Waals surface area contributed by atoms with Crippen LogP contribution in [0.5, 0.6) is 0 Å². The molecule has 0 bridgehead atoms. The third-order valence-corrected chi connectivity index (χ3v) is 3.13. The number of amides is 2. The molecule has 1 fully saturated rings. The van der Waals surface area contributed by atoms with Crippen LogP contribution in [0.15, 0.2) is 30.3 Å². The SMILES string of the molecule is CC(N)CN1CC(c2ccccc2)N(C)C1=O. The summed E-state index contributed by atoms with van der Waals surface area (Å²) in [5.74, 6) is 0. The van der Waals surface area contributed by atoms with Crippen molar-refractivity contribution in [2.45, 2.75) is 19.0 Å². The maximum absolute atomic E-state index is 12.0. The van der Waals surface area contributed by atoms with Gasteiger partial charge in [0.2, 0.25) is 0 Å². The second-order valence-corrected chi connectivity index (χ2v) is 4.70. The quantitative estimate of drug-likeness (QED) is 0.859. The fourth-order valence-electron chi connectivity index (χ4n) is 2.27. The summed E-state index contributed by atoms with van der Waals surface area (Å²) in [6.45, 7) is 3.26. The minimum atomic E-state index is 0.0156. The largest absolute Gasteiger partial charge is 0.326 e. The first kappa shape index (κ1) is 11.9. The molecule has 0 spiro atoms. The van der Waals surface area contributed by atoms with Gasteiger partial charge in [0, 0.05) is 26.2 Å². The van der Waals surface area contributed by atoms with E-state index in [1.54, 1.807) is 4.90 Å². The predicted octanol–water partition coefficient (Wildman–Crippen LogP) is 1.44. The van der Waals surface area contributed by atoms with Crippen LogP contribution in [0.25, 0.3) is 0 Å². The summed E-state index contributed by atoms with van der Waals surface area (Å²) in [6.07, 6.45) is 0. The maximum atomic E-state index is 12.0. The number of hydrogen-bond acceptors (Lipinski definition) is 2. The minimum absolute atomic E-state index is 0.0156. The summed E-state index contributed by atoms with van der Waals surface area (Å²) in [7, 11) is 1.85. The van der Waals surface area contributed by atoms with Crippen molar-refractivity contribution in [3.05, 3.63) is 35.9 Å². The number of benzene rings is 1. The first-order valence-corrected chi connectivity index (χ1v) is 5.92. The third-order valence-electron chi connectivity index (χ3n) is 3.13. The number of hydrogen-bond donors (Lipinski definition) is 1. The topological polar surface area (TPSA) is 49.6 Å². The number of carbonyl (C=O) groups excluding carboxylic acids is 1. The Labute approximate surface area is 102 Å². The van der Waals surface area contributed by atoms with Crippen LogP contribution in [0.2, 0.25) is 0 Å². The van der Waals surface area contributed by atoms with Gasteiger partial charge < -0.3 is 15.5 Å². The van der Waals surface area contributed by atoms with Crippen molar-refractivity contribution in [2.75, 3.05) is 20.1 Å². The Bertz CT molecular complexity index is 391. The van der Waals surface area contributed by atoms with Gasteiger partial charge in [-0.2, -0.15) is 0 Å². The van der Waals surface area contributed by atoms with Gasteiger partial charge in [-0.3, -0.25) is 0 Å². The molecule has 1 aliphatic heterocycles. The maximum Gasteiger partial charge on any atom is 0.320 e. The van der Waals surface area contributed by atoms with E-state index in [0.717, 1.165) is 6.54 Å². The Morgan fingerprint density at radius 1 is 1.41 bits per heavy atom. The predicted molar refractivity (Wildman–Crippen MR) is 67.6 cm³/mol. The third kappa shape index (κ3) is 2.42. The highest BCUT2D eigenvalue weighted by Gasteiger charge is 2.35. The van der Waals surface area contributed by atoms with Crippen LogP contribution in [0.3, 0.4) is 0 Å². The van der Waals surface area contributed by atoms with Gasteiger partial charge in [-0.05, 0) is 12.5 Å². The van der Waals surface area contributed by atoms with Crippen molar-refractivity contribution in [2.24, 2.45) is 5.73 Å². The van der Waals surface area contributed by atoms with E-state index >= 15 is 0 Å². The molecule has 17 heavy (non-hydrogen) atoms. The van der Waals surface area contributed by atoms with Crippen molar-refractivity contribution in [3.8, 4) is 0 Å². The normalized spacial score (nSPS) is 22.1. The van der Waals surface area contributed by atoms with Gasteiger partial charge >= 0.3 is 6.03 Å². The van der Waals surface area contributed by atoms with E-state index in [-0.39, 0.29) is 18.1 Å². The molecule has 2 unspecified atom stereocenters. The van der Waals surface area contributed by atoms with E-state index in [2.05, 4.69) is 12.1 Å². The van der Waals surface area contributed by atoms with Gasteiger partial charge in [0.05, 0.1) is 6.04 Å². The zero-order chi connectivity index (χ0) is 12.4. The average Bonchev–Trinajstić information content (AvgIpc) is 2.58. The highest BCUT2D eigenvalue weighted by atomic mass is 16.2. The first-order chi connectivity index (χ1) is 8.09. The molecule has 2 rings (SSSR count). The Hall–Kier alpha value is -1.55. The number of nitrogens with zero attached hydrogens (tertiary/aromatic N) is 2. The number of nitrogens with two attached hydrogens (primary N) is 1. The molecule has 4 nitrogen and oxygen atoms in total. The monoisotopic (exact) mass is 233 g/mol. The molecule has 2 amide bonds. The number of rotatable bonds is 3. The van der Waals surface area contributed by atoms with Gasteiger partial charge in [-0.1, -0.05) is 30.3 Å². The van der Waals surface area contributed by atoms with E-state index in [4.69, 9.17) is 5.73 Å². The van der Waals surface area contributed by atoms with E-state index in [1.807, 2.05) is 37.1 Å². The molecule has 0 aliphatic carbocycles. The zero-order valence-electron chi connectivity index (χ0n) is 10.3. The van der Waals surface area contributed by atoms with Crippen molar-refractivity contribution >= 4 is 6.03 Å². The Morgan fingerprint density at radius 2 is 2.06 bits per heavy atom. The zero-order valence-corrected chi connectivity index (χ0v) is 10.3. The van der Waals surface area contributed by atoms with Crippen LogP contribution in [-0.2, 0) is 0 Å². The minimum Gasteiger partial charge on any atom is -0.326 e. The van der Waals surface area contributed by atoms with Crippen molar-refractivity contribution < 1.29 is 4.79 Å². The molecule has 1 heterocycles. The Balaban J connectivity index is 2.14. The van der Waals surface area contributed by atoms with Gasteiger partial charge in [0.25, 0.3) is 0 Å². The highest BCUT2D eigenvalue weighted by Crippen LogP contribution is 2.27. The van der Waals surface area contributed by atoms with Gasteiger partial charge in [-0.25, -0.2) is 4.79 Å². The fraction of sp³-hybridized carbons (Fsp3) is 0.462. The lowest BCUT2D eigenvalue weighted by atomic mass is 10.1. The molecule has 0 aromatic heterocycles. The van der Waals surface area contributed by atoms with Crippen LogP contribution in [0, 0.1) is 0 Å².